The maximum atomic E-state index is 13.5. The van der Waals surface area contributed by atoms with Crippen LogP contribution in [-0.2, 0) is 0 Å². The van der Waals surface area contributed by atoms with Crippen LogP contribution in [0.1, 0.15) is 30.9 Å². The number of halogens is 2. The van der Waals surface area contributed by atoms with E-state index in [4.69, 9.17) is 0 Å². The van der Waals surface area contributed by atoms with Crippen molar-refractivity contribution < 1.29 is 13.9 Å². The third kappa shape index (κ3) is 3.16. The molecule has 0 aliphatic heterocycles. The summed E-state index contributed by atoms with van der Waals surface area (Å²) in [4.78, 5) is 2.20. The molecular weight excluding hydrogens is 262 g/mol. The lowest BCUT2D eigenvalue weighted by Crippen LogP contribution is -2.56. The molecule has 3 nitrogen and oxygen atoms in total. The van der Waals surface area contributed by atoms with Crippen LogP contribution < -0.4 is 5.32 Å². The van der Waals surface area contributed by atoms with Crippen LogP contribution in [0.4, 0.5) is 8.78 Å². The second-order valence-electron chi connectivity index (χ2n) is 5.78. The third-order valence-electron chi connectivity index (χ3n) is 4.35. The molecule has 5 heteroatoms. The maximum absolute atomic E-state index is 13.5. The zero-order chi connectivity index (χ0) is 14.8. The standard InChI is InChI=1S/C15H22F2N2O/c1-19(2)15(6-3-7-15)10-18-9-14(20)12-5-4-11(16)8-13(12)17/h4-5,8,14,18,20H,3,6-7,9-10H2,1-2H3. The van der Waals surface area contributed by atoms with Crippen LogP contribution in [0.25, 0.3) is 0 Å². The van der Waals surface area contributed by atoms with Gasteiger partial charge in [0.05, 0.1) is 6.10 Å². The highest BCUT2D eigenvalue weighted by molar-refractivity contribution is 5.21. The van der Waals surface area contributed by atoms with Crippen LogP contribution in [-0.4, -0.2) is 42.7 Å². The van der Waals surface area contributed by atoms with Crippen molar-refractivity contribution >= 4 is 0 Å². The van der Waals surface area contributed by atoms with Crippen LogP contribution in [0.2, 0.25) is 0 Å². The zero-order valence-electron chi connectivity index (χ0n) is 12.0. The van der Waals surface area contributed by atoms with Crippen molar-refractivity contribution in [2.45, 2.75) is 30.9 Å². The van der Waals surface area contributed by atoms with Gasteiger partial charge in [-0.15, -0.1) is 0 Å². The minimum absolute atomic E-state index is 0.131. The number of benzene rings is 1. The first kappa shape index (κ1) is 15.4. The highest BCUT2D eigenvalue weighted by Gasteiger charge is 2.38. The van der Waals surface area contributed by atoms with E-state index in [0.29, 0.717) is 0 Å². The van der Waals surface area contributed by atoms with Gasteiger partial charge in [-0.05, 0) is 39.4 Å². The summed E-state index contributed by atoms with van der Waals surface area (Å²) in [6, 6.07) is 3.25. The molecule has 1 aliphatic rings. The summed E-state index contributed by atoms with van der Waals surface area (Å²) in [5.41, 5.74) is 0.285. The Bertz CT molecular complexity index is 461. The molecule has 1 atom stereocenters. The summed E-state index contributed by atoms with van der Waals surface area (Å²) in [6.45, 7) is 1.03. The Morgan fingerprint density at radius 1 is 1.35 bits per heavy atom. The van der Waals surface area contributed by atoms with E-state index in [1.807, 2.05) is 0 Å². The minimum atomic E-state index is -0.963. The molecule has 0 radical (unpaired) electrons. The molecule has 0 saturated heterocycles. The molecule has 1 aromatic rings. The molecule has 0 aromatic heterocycles. The molecule has 1 unspecified atom stereocenters. The van der Waals surface area contributed by atoms with Gasteiger partial charge in [-0.1, -0.05) is 6.07 Å². The van der Waals surface area contributed by atoms with E-state index in [2.05, 4.69) is 24.3 Å². The Balaban J connectivity index is 1.87. The second kappa shape index (κ2) is 6.16. The lowest BCUT2D eigenvalue weighted by atomic mass is 9.75. The number of nitrogens with one attached hydrogen (secondary N) is 1. The normalized spacial score (nSPS) is 18.9. The Kier molecular flexibility index (Phi) is 4.73. The molecule has 0 bridgehead atoms. The molecule has 0 amide bonds. The molecular formula is C15H22F2N2O. The summed E-state index contributed by atoms with van der Waals surface area (Å²) < 4.78 is 26.4. The Labute approximate surface area is 118 Å². The van der Waals surface area contributed by atoms with Crippen molar-refractivity contribution in [1.29, 1.82) is 0 Å². The van der Waals surface area contributed by atoms with E-state index in [-0.39, 0.29) is 17.6 Å². The van der Waals surface area contributed by atoms with Gasteiger partial charge >= 0.3 is 0 Å². The van der Waals surface area contributed by atoms with Crippen molar-refractivity contribution in [2.24, 2.45) is 0 Å². The quantitative estimate of drug-likeness (QED) is 0.839. The summed E-state index contributed by atoms with van der Waals surface area (Å²) in [6.07, 6.45) is 2.52. The molecule has 0 heterocycles. The predicted octanol–water partition coefficient (Wildman–Crippen LogP) is 2.07. The summed E-state index contributed by atoms with van der Waals surface area (Å²) in [5.74, 6) is -1.34. The SMILES string of the molecule is CN(C)C1(CNCC(O)c2ccc(F)cc2F)CCC1. The van der Waals surface area contributed by atoms with E-state index in [1.165, 1.54) is 12.5 Å². The summed E-state index contributed by atoms with van der Waals surface area (Å²) in [7, 11) is 4.10. The zero-order valence-corrected chi connectivity index (χ0v) is 12.0. The van der Waals surface area contributed by atoms with Crippen LogP contribution in [0.3, 0.4) is 0 Å². The molecule has 1 fully saturated rings. The molecule has 0 spiro atoms. The van der Waals surface area contributed by atoms with Gasteiger partial charge in [-0.2, -0.15) is 0 Å². The van der Waals surface area contributed by atoms with Crippen LogP contribution in [0, 0.1) is 11.6 Å². The average Bonchev–Trinajstić information content (AvgIpc) is 2.31. The molecule has 2 N–H and O–H groups in total. The van der Waals surface area contributed by atoms with Crippen molar-refractivity contribution in [3.05, 3.63) is 35.4 Å². The predicted molar refractivity (Wildman–Crippen MR) is 74.5 cm³/mol. The Morgan fingerprint density at radius 2 is 2.05 bits per heavy atom. The Hall–Kier alpha value is -1.04. The van der Waals surface area contributed by atoms with Crippen LogP contribution in [0.15, 0.2) is 18.2 Å². The first-order valence-electron chi connectivity index (χ1n) is 6.96. The van der Waals surface area contributed by atoms with E-state index >= 15 is 0 Å². The van der Waals surface area contributed by atoms with Gasteiger partial charge in [-0.3, -0.25) is 0 Å². The number of rotatable bonds is 6. The summed E-state index contributed by atoms with van der Waals surface area (Å²) in [5, 5.41) is 13.2. The fourth-order valence-electron chi connectivity index (χ4n) is 2.69. The van der Waals surface area contributed by atoms with Gasteiger partial charge in [0, 0.05) is 30.3 Å². The van der Waals surface area contributed by atoms with Crippen LogP contribution >= 0.6 is 0 Å². The maximum Gasteiger partial charge on any atom is 0.131 e. The molecule has 1 aliphatic carbocycles. The fourth-order valence-corrected chi connectivity index (χ4v) is 2.69. The summed E-state index contributed by atoms with van der Waals surface area (Å²) >= 11 is 0. The first-order valence-corrected chi connectivity index (χ1v) is 6.96. The monoisotopic (exact) mass is 284 g/mol. The molecule has 112 valence electrons. The van der Waals surface area contributed by atoms with Crippen molar-refractivity contribution in [1.82, 2.24) is 10.2 Å². The minimum Gasteiger partial charge on any atom is -0.387 e. The fraction of sp³-hybridized carbons (Fsp3) is 0.600. The first-order chi connectivity index (χ1) is 9.44. The van der Waals surface area contributed by atoms with Crippen molar-refractivity contribution in [3.8, 4) is 0 Å². The smallest absolute Gasteiger partial charge is 0.131 e. The number of nitrogens with zero attached hydrogens (tertiary/aromatic N) is 1. The number of aliphatic hydroxyl groups excluding tert-OH is 1. The molecule has 1 saturated carbocycles. The van der Waals surface area contributed by atoms with E-state index < -0.39 is 17.7 Å². The highest BCUT2D eigenvalue weighted by Crippen LogP contribution is 2.35. The van der Waals surface area contributed by atoms with Crippen LogP contribution in [0.5, 0.6) is 0 Å². The highest BCUT2D eigenvalue weighted by atomic mass is 19.1. The number of likely N-dealkylation sites (N-methyl/N-ethyl adjacent to an activating group) is 1. The second-order valence-corrected chi connectivity index (χ2v) is 5.78. The van der Waals surface area contributed by atoms with E-state index in [9.17, 15) is 13.9 Å². The third-order valence-corrected chi connectivity index (χ3v) is 4.35. The van der Waals surface area contributed by atoms with Gasteiger partial charge in [0.2, 0.25) is 0 Å². The molecule has 1 aromatic carbocycles. The number of hydrogen-bond acceptors (Lipinski definition) is 3. The van der Waals surface area contributed by atoms with Crippen molar-refractivity contribution in [2.75, 3.05) is 27.2 Å². The van der Waals surface area contributed by atoms with Gasteiger partial charge in [0.15, 0.2) is 0 Å². The van der Waals surface area contributed by atoms with Crippen molar-refractivity contribution in [3.63, 3.8) is 0 Å². The Morgan fingerprint density at radius 3 is 2.55 bits per heavy atom. The molecule has 2 rings (SSSR count). The topological polar surface area (TPSA) is 35.5 Å². The van der Waals surface area contributed by atoms with E-state index in [0.717, 1.165) is 31.5 Å². The lowest BCUT2D eigenvalue weighted by Gasteiger charge is -2.47. The van der Waals surface area contributed by atoms with Gasteiger partial charge in [-0.25, -0.2) is 8.78 Å². The number of aliphatic hydroxyl groups is 1. The average molecular weight is 284 g/mol. The van der Waals surface area contributed by atoms with Gasteiger partial charge in [0.25, 0.3) is 0 Å². The van der Waals surface area contributed by atoms with E-state index in [1.54, 1.807) is 0 Å². The lowest BCUT2D eigenvalue weighted by molar-refractivity contribution is 0.0554. The van der Waals surface area contributed by atoms with Gasteiger partial charge < -0.3 is 15.3 Å². The number of hydrogen-bond donors (Lipinski definition) is 2. The largest absolute Gasteiger partial charge is 0.387 e. The molecule has 20 heavy (non-hydrogen) atoms. The van der Waals surface area contributed by atoms with Gasteiger partial charge in [0.1, 0.15) is 11.6 Å².